The first-order valence-electron chi connectivity index (χ1n) is 8.68. The number of nitrogens with zero attached hydrogens (tertiary/aromatic N) is 1. The van der Waals surface area contributed by atoms with E-state index >= 15 is 0 Å². The SMILES string of the molecule is CN(CC(=O)Nc1ccc(NC(=O)c2cccs2)cc1)Cc1ccccc1Cl. The van der Waals surface area contributed by atoms with Gasteiger partial charge in [-0.3, -0.25) is 14.5 Å². The van der Waals surface area contributed by atoms with Gasteiger partial charge in [-0.15, -0.1) is 11.3 Å². The summed E-state index contributed by atoms with van der Waals surface area (Å²) in [4.78, 5) is 26.9. The van der Waals surface area contributed by atoms with Crippen LogP contribution in [0.2, 0.25) is 5.02 Å². The van der Waals surface area contributed by atoms with Crippen LogP contribution < -0.4 is 10.6 Å². The van der Waals surface area contributed by atoms with Crippen molar-refractivity contribution >= 4 is 46.1 Å². The maximum Gasteiger partial charge on any atom is 0.265 e. The molecule has 5 nitrogen and oxygen atoms in total. The highest BCUT2D eigenvalue weighted by Crippen LogP contribution is 2.18. The van der Waals surface area contributed by atoms with Crippen LogP contribution in [0.3, 0.4) is 0 Å². The number of carbonyl (C=O) groups is 2. The van der Waals surface area contributed by atoms with Crippen molar-refractivity contribution in [1.82, 2.24) is 4.90 Å². The van der Waals surface area contributed by atoms with Gasteiger partial charge in [-0.25, -0.2) is 0 Å². The summed E-state index contributed by atoms with van der Waals surface area (Å²) >= 11 is 7.55. The van der Waals surface area contributed by atoms with Gasteiger partial charge >= 0.3 is 0 Å². The summed E-state index contributed by atoms with van der Waals surface area (Å²) in [6.07, 6.45) is 0. The van der Waals surface area contributed by atoms with Crippen molar-refractivity contribution in [3.05, 3.63) is 81.5 Å². The Morgan fingerprint density at radius 1 is 0.964 bits per heavy atom. The topological polar surface area (TPSA) is 61.4 Å². The van der Waals surface area contributed by atoms with E-state index in [1.54, 1.807) is 30.3 Å². The monoisotopic (exact) mass is 413 g/mol. The first-order valence-corrected chi connectivity index (χ1v) is 9.94. The Kier molecular flexibility index (Phi) is 6.81. The zero-order valence-corrected chi connectivity index (χ0v) is 16.9. The van der Waals surface area contributed by atoms with Crippen molar-refractivity contribution in [3.63, 3.8) is 0 Å². The average Bonchev–Trinajstić information content (AvgIpc) is 3.20. The lowest BCUT2D eigenvalue weighted by Crippen LogP contribution is -2.29. The molecule has 144 valence electrons. The summed E-state index contributed by atoms with van der Waals surface area (Å²) < 4.78 is 0. The Balaban J connectivity index is 1.50. The van der Waals surface area contributed by atoms with E-state index in [4.69, 9.17) is 11.6 Å². The minimum absolute atomic E-state index is 0.120. The van der Waals surface area contributed by atoms with Crippen molar-refractivity contribution in [3.8, 4) is 0 Å². The summed E-state index contributed by atoms with van der Waals surface area (Å²) in [7, 11) is 1.87. The second kappa shape index (κ2) is 9.50. The summed E-state index contributed by atoms with van der Waals surface area (Å²) in [5, 5.41) is 8.23. The molecule has 0 fully saturated rings. The molecule has 3 rings (SSSR count). The van der Waals surface area contributed by atoms with E-state index < -0.39 is 0 Å². The van der Waals surface area contributed by atoms with Gasteiger partial charge in [-0.05, 0) is 54.4 Å². The molecule has 0 aliphatic carbocycles. The summed E-state index contributed by atoms with van der Waals surface area (Å²) in [6.45, 7) is 0.822. The Morgan fingerprint density at radius 3 is 2.29 bits per heavy atom. The number of amides is 2. The molecule has 3 aromatic rings. The average molecular weight is 414 g/mol. The molecule has 0 radical (unpaired) electrons. The summed E-state index contributed by atoms with van der Waals surface area (Å²) in [6, 6.07) is 18.2. The van der Waals surface area contributed by atoms with Gasteiger partial charge in [0, 0.05) is 22.9 Å². The number of hydrogen-bond donors (Lipinski definition) is 2. The van der Waals surface area contributed by atoms with Crippen LogP contribution in [0.1, 0.15) is 15.2 Å². The zero-order chi connectivity index (χ0) is 19.9. The number of thiophene rings is 1. The molecule has 0 saturated carbocycles. The molecule has 28 heavy (non-hydrogen) atoms. The second-order valence-corrected chi connectivity index (χ2v) is 7.68. The number of anilines is 2. The van der Waals surface area contributed by atoms with Crippen LogP contribution in [-0.2, 0) is 11.3 Å². The van der Waals surface area contributed by atoms with Gasteiger partial charge in [0.1, 0.15) is 0 Å². The number of benzene rings is 2. The van der Waals surface area contributed by atoms with E-state index in [0.29, 0.717) is 27.8 Å². The molecule has 2 N–H and O–H groups in total. The molecule has 1 heterocycles. The van der Waals surface area contributed by atoms with Gasteiger partial charge in [-0.2, -0.15) is 0 Å². The third-order valence-corrected chi connectivity index (χ3v) is 5.22. The molecule has 0 aliphatic heterocycles. The van der Waals surface area contributed by atoms with Crippen LogP contribution in [0.25, 0.3) is 0 Å². The molecule has 7 heteroatoms. The van der Waals surface area contributed by atoms with Crippen molar-refractivity contribution in [2.24, 2.45) is 0 Å². The molecule has 0 atom stereocenters. The van der Waals surface area contributed by atoms with E-state index in [-0.39, 0.29) is 18.4 Å². The molecule has 0 saturated heterocycles. The fraction of sp³-hybridized carbons (Fsp3) is 0.143. The van der Waals surface area contributed by atoms with E-state index in [2.05, 4.69) is 10.6 Å². The van der Waals surface area contributed by atoms with Crippen molar-refractivity contribution in [2.45, 2.75) is 6.54 Å². The summed E-state index contributed by atoms with van der Waals surface area (Å²) in [5.74, 6) is -0.266. The van der Waals surface area contributed by atoms with E-state index in [9.17, 15) is 9.59 Å². The molecule has 0 aliphatic rings. The molecule has 1 aromatic heterocycles. The minimum Gasteiger partial charge on any atom is -0.325 e. The maximum atomic E-state index is 12.3. The highest BCUT2D eigenvalue weighted by molar-refractivity contribution is 7.12. The predicted molar refractivity (Wildman–Crippen MR) is 115 cm³/mol. The van der Waals surface area contributed by atoms with Crippen molar-refractivity contribution < 1.29 is 9.59 Å². The number of likely N-dealkylation sites (N-methyl/N-ethyl adjacent to an activating group) is 1. The van der Waals surface area contributed by atoms with Crippen LogP contribution in [0.15, 0.2) is 66.0 Å². The second-order valence-electron chi connectivity index (χ2n) is 6.32. The largest absolute Gasteiger partial charge is 0.325 e. The Bertz CT molecular complexity index is 943. The molecule has 2 aromatic carbocycles. The highest BCUT2D eigenvalue weighted by atomic mass is 35.5. The Morgan fingerprint density at radius 2 is 1.64 bits per heavy atom. The lowest BCUT2D eigenvalue weighted by molar-refractivity contribution is -0.117. The first kappa shape index (κ1) is 20.1. The zero-order valence-electron chi connectivity index (χ0n) is 15.3. The Labute approximate surface area is 172 Å². The highest BCUT2D eigenvalue weighted by Gasteiger charge is 2.10. The quantitative estimate of drug-likeness (QED) is 0.589. The van der Waals surface area contributed by atoms with E-state index in [1.807, 2.05) is 47.7 Å². The summed E-state index contributed by atoms with van der Waals surface area (Å²) in [5.41, 5.74) is 2.32. The fourth-order valence-corrected chi connectivity index (χ4v) is 3.47. The first-order chi connectivity index (χ1) is 13.5. The van der Waals surface area contributed by atoms with Gasteiger partial charge in [0.15, 0.2) is 0 Å². The van der Waals surface area contributed by atoms with Crippen LogP contribution in [0.5, 0.6) is 0 Å². The molecular formula is C21H20ClN3O2S. The Hall–Kier alpha value is -2.67. The third-order valence-electron chi connectivity index (χ3n) is 3.98. The van der Waals surface area contributed by atoms with Crippen LogP contribution in [0, 0.1) is 0 Å². The third kappa shape index (κ3) is 5.66. The number of halogens is 1. The molecule has 0 unspecified atom stereocenters. The van der Waals surface area contributed by atoms with Gasteiger partial charge in [-0.1, -0.05) is 35.9 Å². The van der Waals surface area contributed by atoms with Gasteiger partial charge in [0.25, 0.3) is 5.91 Å². The van der Waals surface area contributed by atoms with Gasteiger partial charge < -0.3 is 10.6 Å². The fourth-order valence-electron chi connectivity index (χ4n) is 2.66. The van der Waals surface area contributed by atoms with Gasteiger partial charge in [0.05, 0.1) is 11.4 Å². The lowest BCUT2D eigenvalue weighted by Gasteiger charge is -2.17. The van der Waals surface area contributed by atoms with Gasteiger partial charge in [0.2, 0.25) is 5.91 Å². The smallest absolute Gasteiger partial charge is 0.265 e. The van der Waals surface area contributed by atoms with Crippen molar-refractivity contribution in [1.29, 1.82) is 0 Å². The van der Waals surface area contributed by atoms with Crippen LogP contribution in [-0.4, -0.2) is 30.3 Å². The van der Waals surface area contributed by atoms with E-state index in [0.717, 1.165) is 5.56 Å². The minimum atomic E-state index is -0.145. The predicted octanol–water partition coefficient (Wildman–Crippen LogP) is 4.72. The molecule has 0 spiro atoms. The van der Waals surface area contributed by atoms with Crippen LogP contribution >= 0.6 is 22.9 Å². The number of hydrogen-bond acceptors (Lipinski definition) is 4. The van der Waals surface area contributed by atoms with E-state index in [1.165, 1.54) is 11.3 Å². The number of rotatable bonds is 7. The lowest BCUT2D eigenvalue weighted by atomic mass is 10.2. The standard InChI is InChI=1S/C21H20ClN3O2S/c1-25(13-15-5-2-3-6-18(15)22)14-20(26)23-16-8-10-17(11-9-16)24-21(27)19-7-4-12-28-19/h2-12H,13-14H2,1H3,(H,23,26)(H,24,27). The number of nitrogens with one attached hydrogen (secondary N) is 2. The van der Waals surface area contributed by atoms with Crippen LogP contribution in [0.4, 0.5) is 11.4 Å². The number of carbonyl (C=O) groups excluding carboxylic acids is 2. The maximum absolute atomic E-state index is 12.3. The van der Waals surface area contributed by atoms with Crippen molar-refractivity contribution in [2.75, 3.05) is 24.2 Å². The molecule has 0 bridgehead atoms. The molecule has 2 amide bonds. The normalized spacial score (nSPS) is 10.7. The molecular weight excluding hydrogens is 394 g/mol.